The minimum Gasteiger partial charge on any atom is -0.493 e. The number of ether oxygens (including phenoxy) is 2. The highest BCUT2D eigenvalue weighted by atomic mass is 16.5. The summed E-state index contributed by atoms with van der Waals surface area (Å²) in [5.41, 5.74) is 6.17. The van der Waals surface area contributed by atoms with Gasteiger partial charge in [-0.3, -0.25) is 4.79 Å². The summed E-state index contributed by atoms with van der Waals surface area (Å²) < 4.78 is 10.7. The normalized spacial score (nSPS) is 13.6. The number of nitrogens with two attached hydrogens (primary N) is 1. The van der Waals surface area contributed by atoms with Gasteiger partial charge in [-0.15, -0.1) is 0 Å². The Hall–Kier alpha value is -1.55. The predicted molar refractivity (Wildman–Crippen MR) is 79.8 cm³/mol. The van der Waals surface area contributed by atoms with Gasteiger partial charge < -0.3 is 15.2 Å². The van der Waals surface area contributed by atoms with Gasteiger partial charge in [0.2, 0.25) is 0 Å². The number of para-hydroxylation sites is 1. The van der Waals surface area contributed by atoms with E-state index in [1.807, 2.05) is 31.2 Å². The molecule has 4 heteroatoms. The van der Waals surface area contributed by atoms with Crippen LogP contribution < -0.4 is 10.5 Å². The summed E-state index contributed by atoms with van der Waals surface area (Å²) in [6, 6.07) is 7.93. The summed E-state index contributed by atoms with van der Waals surface area (Å²) in [4.78, 5) is 11.6. The molecule has 0 bridgehead atoms. The van der Waals surface area contributed by atoms with Crippen LogP contribution in [0.25, 0.3) is 0 Å². The largest absolute Gasteiger partial charge is 0.493 e. The van der Waals surface area contributed by atoms with Gasteiger partial charge in [0.1, 0.15) is 11.3 Å². The Morgan fingerprint density at radius 1 is 1.30 bits per heavy atom. The van der Waals surface area contributed by atoms with Crippen molar-refractivity contribution in [2.24, 2.45) is 5.73 Å². The molecule has 1 rings (SSSR count). The molecule has 1 aromatic carbocycles. The number of hydrogen-bond acceptors (Lipinski definition) is 4. The lowest BCUT2D eigenvalue weighted by atomic mass is 9.96. The van der Waals surface area contributed by atoms with Crippen molar-refractivity contribution in [2.75, 3.05) is 13.2 Å². The molecular formula is C16H25NO3. The first-order valence-electron chi connectivity index (χ1n) is 7.12. The molecule has 0 heterocycles. The number of benzene rings is 1. The van der Waals surface area contributed by atoms with Crippen LogP contribution in [0.2, 0.25) is 0 Å². The molecule has 0 amide bonds. The van der Waals surface area contributed by atoms with E-state index in [9.17, 15) is 4.79 Å². The highest BCUT2D eigenvalue weighted by Gasteiger charge is 2.28. The van der Waals surface area contributed by atoms with Crippen molar-refractivity contribution in [3.63, 3.8) is 0 Å². The van der Waals surface area contributed by atoms with Crippen LogP contribution in [0.3, 0.4) is 0 Å². The molecule has 4 nitrogen and oxygen atoms in total. The smallest absolute Gasteiger partial charge is 0.325 e. The second kappa shape index (κ2) is 7.90. The van der Waals surface area contributed by atoms with Crippen molar-refractivity contribution >= 4 is 5.97 Å². The fourth-order valence-electron chi connectivity index (χ4n) is 1.89. The van der Waals surface area contributed by atoms with Gasteiger partial charge in [0.15, 0.2) is 0 Å². The van der Waals surface area contributed by atoms with E-state index in [0.29, 0.717) is 19.6 Å². The topological polar surface area (TPSA) is 61.5 Å². The van der Waals surface area contributed by atoms with Crippen LogP contribution >= 0.6 is 0 Å². The second-order valence-electron chi connectivity index (χ2n) is 5.21. The Morgan fingerprint density at radius 2 is 2.00 bits per heavy atom. The second-order valence-corrected chi connectivity index (χ2v) is 5.21. The van der Waals surface area contributed by atoms with E-state index in [1.54, 1.807) is 13.8 Å². The summed E-state index contributed by atoms with van der Waals surface area (Å²) in [5, 5.41) is 0. The van der Waals surface area contributed by atoms with Gasteiger partial charge >= 0.3 is 5.97 Å². The van der Waals surface area contributed by atoms with E-state index < -0.39 is 5.54 Å². The van der Waals surface area contributed by atoms with Crippen LogP contribution in [0, 0.1) is 6.92 Å². The van der Waals surface area contributed by atoms with E-state index in [0.717, 1.165) is 24.2 Å². The quantitative estimate of drug-likeness (QED) is 0.587. The number of esters is 1. The van der Waals surface area contributed by atoms with Gasteiger partial charge in [0.05, 0.1) is 13.2 Å². The Labute approximate surface area is 121 Å². The van der Waals surface area contributed by atoms with Crippen molar-refractivity contribution in [3.05, 3.63) is 29.8 Å². The molecule has 0 aliphatic heterocycles. The van der Waals surface area contributed by atoms with Crippen LogP contribution in [0.15, 0.2) is 24.3 Å². The summed E-state index contributed by atoms with van der Waals surface area (Å²) in [6.45, 7) is 6.51. The third-order valence-electron chi connectivity index (χ3n) is 3.18. The predicted octanol–water partition coefficient (Wildman–Crippen LogP) is 2.82. The molecule has 1 unspecified atom stereocenters. The molecule has 0 saturated carbocycles. The Balaban J connectivity index is 2.25. The molecule has 1 atom stereocenters. The third kappa shape index (κ3) is 5.21. The maximum absolute atomic E-state index is 11.6. The molecule has 0 radical (unpaired) electrons. The molecule has 0 fully saturated rings. The van der Waals surface area contributed by atoms with Crippen LogP contribution in [-0.2, 0) is 9.53 Å². The number of unbranched alkanes of at least 4 members (excludes halogenated alkanes) is 1. The summed E-state index contributed by atoms with van der Waals surface area (Å²) in [7, 11) is 0. The highest BCUT2D eigenvalue weighted by molar-refractivity contribution is 5.79. The minimum absolute atomic E-state index is 0.333. The molecule has 1 aromatic rings. The average Bonchev–Trinajstić information content (AvgIpc) is 2.40. The van der Waals surface area contributed by atoms with E-state index in [1.165, 1.54) is 0 Å². The minimum atomic E-state index is -0.904. The monoisotopic (exact) mass is 279 g/mol. The lowest BCUT2D eigenvalue weighted by Gasteiger charge is -2.22. The molecule has 0 spiro atoms. The van der Waals surface area contributed by atoms with Crippen LogP contribution in [0.4, 0.5) is 0 Å². The molecular weight excluding hydrogens is 254 g/mol. The van der Waals surface area contributed by atoms with Gasteiger partial charge in [-0.05, 0) is 51.7 Å². The lowest BCUT2D eigenvalue weighted by molar-refractivity contribution is -0.149. The fraction of sp³-hybridized carbons (Fsp3) is 0.562. The summed E-state index contributed by atoms with van der Waals surface area (Å²) in [6.07, 6.45) is 2.29. The highest BCUT2D eigenvalue weighted by Crippen LogP contribution is 2.17. The zero-order valence-electron chi connectivity index (χ0n) is 12.6. The fourth-order valence-corrected chi connectivity index (χ4v) is 1.89. The maximum atomic E-state index is 11.6. The third-order valence-corrected chi connectivity index (χ3v) is 3.18. The van der Waals surface area contributed by atoms with E-state index in [2.05, 4.69) is 0 Å². The molecule has 0 aliphatic rings. The van der Waals surface area contributed by atoms with Crippen LogP contribution in [0.5, 0.6) is 5.75 Å². The zero-order chi connectivity index (χ0) is 15.0. The first-order chi connectivity index (χ1) is 9.47. The SMILES string of the molecule is CCOC(=O)C(C)(N)CCCCOc1ccccc1C. The standard InChI is InChI=1S/C16H25NO3/c1-4-19-15(18)16(3,17)11-7-8-12-20-14-10-6-5-9-13(14)2/h5-6,9-10H,4,7-8,11-12,17H2,1-3H3. The zero-order valence-corrected chi connectivity index (χ0v) is 12.6. The summed E-state index contributed by atoms with van der Waals surface area (Å²) in [5.74, 6) is 0.577. The number of carbonyl (C=O) groups excluding carboxylic acids is 1. The number of carbonyl (C=O) groups is 1. The number of aryl methyl sites for hydroxylation is 1. The van der Waals surface area contributed by atoms with Crippen LogP contribution in [-0.4, -0.2) is 24.7 Å². The van der Waals surface area contributed by atoms with Gasteiger partial charge in [0.25, 0.3) is 0 Å². The summed E-state index contributed by atoms with van der Waals surface area (Å²) >= 11 is 0. The Kier molecular flexibility index (Phi) is 6.52. The number of rotatable bonds is 8. The lowest BCUT2D eigenvalue weighted by Crippen LogP contribution is -2.46. The van der Waals surface area contributed by atoms with Crippen molar-refractivity contribution in [1.29, 1.82) is 0 Å². The maximum Gasteiger partial charge on any atom is 0.325 e. The first-order valence-corrected chi connectivity index (χ1v) is 7.12. The molecule has 112 valence electrons. The van der Waals surface area contributed by atoms with E-state index in [-0.39, 0.29) is 5.97 Å². The van der Waals surface area contributed by atoms with E-state index >= 15 is 0 Å². The van der Waals surface area contributed by atoms with Gasteiger partial charge in [-0.25, -0.2) is 0 Å². The van der Waals surface area contributed by atoms with Gasteiger partial charge in [0, 0.05) is 0 Å². The average molecular weight is 279 g/mol. The van der Waals surface area contributed by atoms with Gasteiger partial charge in [-0.2, -0.15) is 0 Å². The van der Waals surface area contributed by atoms with Crippen molar-refractivity contribution in [2.45, 2.75) is 45.6 Å². The van der Waals surface area contributed by atoms with Crippen molar-refractivity contribution in [3.8, 4) is 5.75 Å². The molecule has 0 aromatic heterocycles. The number of hydrogen-bond donors (Lipinski definition) is 1. The molecule has 0 saturated heterocycles. The molecule has 20 heavy (non-hydrogen) atoms. The Morgan fingerprint density at radius 3 is 2.65 bits per heavy atom. The van der Waals surface area contributed by atoms with Crippen molar-refractivity contribution in [1.82, 2.24) is 0 Å². The van der Waals surface area contributed by atoms with Gasteiger partial charge in [-0.1, -0.05) is 18.2 Å². The molecule has 0 aliphatic carbocycles. The Bertz CT molecular complexity index is 429. The molecule has 2 N–H and O–H groups in total. The van der Waals surface area contributed by atoms with Crippen LogP contribution in [0.1, 0.15) is 38.7 Å². The van der Waals surface area contributed by atoms with Crippen molar-refractivity contribution < 1.29 is 14.3 Å². The van der Waals surface area contributed by atoms with E-state index in [4.69, 9.17) is 15.2 Å². The first kappa shape index (κ1) is 16.5.